The summed E-state index contributed by atoms with van der Waals surface area (Å²) in [6.07, 6.45) is 0. The lowest BCUT2D eigenvalue weighted by atomic mass is 9.78. The van der Waals surface area contributed by atoms with Gasteiger partial charge in [0.15, 0.2) is 0 Å². The SMILES string of the molecule is CCOC(=O)[C@@H]1C(=O)NC(SCC(=O)Nc2c(C)cc(C)cc2C)=C(C#N)[C@@H]1c1ccccc1F. The lowest BCUT2D eigenvalue weighted by Gasteiger charge is -2.31. The molecule has 0 fully saturated rings. The molecule has 0 saturated heterocycles. The van der Waals surface area contributed by atoms with Crippen LogP contribution < -0.4 is 10.6 Å². The number of rotatable bonds is 7. The molecule has 0 unspecified atom stereocenters. The van der Waals surface area contributed by atoms with Gasteiger partial charge in [-0.3, -0.25) is 14.4 Å². The van der Waals surface area contributed by atoms with E-state index in [0.29, 0.717) is 5.69 Å². The van der Waals surface area contributed by atoms with E-state index in [2.05, 4.69) is 10.6 Å². The van der Waals surface area contributed by atoms with E-state index in [1.807, 2.05) is 39.0 Å². The molecule has 2 atom stereocenters. The number of halogens is 1. The summed E-state index contributed by atoms with van der Waals surface area (Å²) in [4.78, 5) is 38.3. The van der Waals surface area contributed by atoms with Gasteiger partial charge in [-0.2, -0.15) is 5.26 Å². The molecule has 35 heavy (non-hydrogen) atoms. The molecule has 1 aliphatic rings. The Morgan fingerprint density at radius 2 is 1.86 bits per heavy atom. The third-order valence-corrected chi connectivity index (χ3v) is 6.62. The number of hydrogen-bond acceptors (Lipinski definition) is 6. The van der Waals surface area contributed by atoms with E-state index >= 15 is 0 Å². The standard InChI is InChI=1S/C26H26FN3O4S/c1-5-34-26(33)22-21(17-8-6-7-9-19(17)27)18(12-28)25(30-24(22)32)35-13-20(31)29-23-15(3)10-14(2)11-16(23)4/h6-11,21-22H,5,13H2,1-4H3,(H,29,31)(H,30,32)/t21-,22-/m0/s1. The molecule has 0 spiro atoms. The molecule has 1 heterocycles. The molecule has 2 aromatic carbocycles. The zero-order valence-corrected chi connectivity index (χ0v) is 20.7. The molecule has 0 bridgehead atoms. The molecule has 2 aromatic rings. The van der Waals surface area contributed by atoms with Crippen LogP contribution >= 0.6 is 11.8 Å². The summed E-state index contributed by atoms with van der Waals surface area (Å²) in [5.41, 5.74) is 3.64. The largest absolute Gasteiger partial charge is 0.465 e. The van der Waals surface area contributed by atoms with Crippen LogP contribution in [0.5, 0.6) is 0 Å². The number of ether oxygens (including phenoxy) is 1. The number of nitriles is 1. The summed E-state index contributed by atoms with van der Waals surface area (Å²) in [5, 5.41) is 15.5. The number of hydrogen-bond donors (Lipinski definition) is 2. The van der Waals surface area contributed by atoms with Crippen LogP contribution in [0.1, 0.15) is 35.1 Å². The molecule has 2 N–H and O–H groups in total. The molecular formula is C26H26FN3O4S. The lowest BCUT2D eigenvalue weighted by molar-refractivity contribution is -0.152. The van der Waals surface area contributed by atoms with Gasteiger partial charge in [0.25, 0.3) is 0 Å². The Morgan fingerprint density at radius 1 is 1.20 bits per heavy atom. The Labute approximate surface area is 207 Å². The predicted octanol–water partition coefficient (Wildman–Crippen LogP) is 4.25. The van der Waals surface area contributed by atoms with Crippen LogP contribution in [0.4, 0.5) is 10.1 Å². The Balaban J connectivity index is 1.92. The second-order valence-electron chi connectivity index (χ2n) is 8.18. The maximum atomic E-state index is 14.7. The third kappa shape index (κ3) is 5.72. The lowest BCUT2D eigenvalue weighted by Crippen LogP contribution is -2.44. The van der Waals surface area contributed by atoms with Gasteiger partial charge in [0, 0.05) is 11.6 Å². The minimum absolute atomic E-state index is 0.00625. The quantitative estimate of drug-likeness (QED) is 0.439. The summed E-state index contributed by atoms with van der Waals surface area (Å²) < 4.78 is 19.8. The van der Waals surface area contributed by atoms with Gasteiger partial charge in [-0.15, -0.1) is 0 Å². The van der Waals surface area contributed by atoms with Crippen molar-refractivity contribution in [3.63, 3.8) is 0 Å². The smallest absolute Gasteiger partial charge is 0.319 e. The van der Waals surface area contributed by atoms with Gasteiger partial charge in [0.1, 0.15) is 11.7 Å². The number of anilines is 1. The Bertz CT molecular complexity index is 1230. The number of allylic oxidation sites excluding steroid dienone is 1. The highest BCUT2D eigenvalue weighted by atomic mass is 32.2. The molecule has 7 nitrogen and oxygen atoms in total. The van der Waals surface area contributed by atoms with E-state index in [0.717, 1.165) is 28.5 Å². The van der Waals surface area contributed by atoms with Crippen LogP contribution in [0.15, 0.2) is 47.0 Å². The van der Waals surface area contributed by atoms with E-state index in [-0.39, 0.29) is 34.4 Å². The highest BCUT2D eigenvalue weighted by Crippen LogP contribution is 2.41. The summed E-state index contributed by atoms with van der Waals surface area (Å²) in [6, 6.07) is 11.6. The molecular weight excluding hydrogens is 469 g/mol. The van der Waals surface area contributed by atoms with E-state index in [4.69, 9.17) is 4.74 Å². The second kappa shape index (κ2) is 11.2. The summed E-state index contributed by atoms with van der Waals surface area (Å²) in [6.45, 7) is 7.38. The van der Waals surface area contributed by atoms with Gasteiger partial charge in [-0.25, -0.2) is 4.39 Å². The number of aryl methyl sites for hydroxylation is 3. The topological polar surface area (TPSA) is 108 Å². The first-order valence-corrected chi connectivity index (χ1v) is 12.0. The third-order valence-electron chi connectivity index (χ3n) is 5.60. The number of amides is 2. The van der Waals surface area contributed by atoms with Crippen molar-refractivity contribution in [2.24, 2.45) is 5.92 Å². The molecule has 0 aliphatic carbocycles. The maximum absolute atomic E-state index is 14.7. The van der Waals surface area contributed by atoms with Gasteiger partial charge in [-0.1, -0.05) is 47.7 Å². The molecule has 1 aliphatic heterocycles. The van der Waals surface area contributed by atoms with E-state index in [9.17, 15) is 24.0 Å². The maximum Gasteiger partial charge on any atom is 0.319 e. The zero-order valence-electron chi connectivity index (χ0n) is 19.9. The highest BCUT2D eigenvalue weighted by Gasteiger charge is 2.45. The predicted molar refractivity (Wildman–Crippen MR) is 132 cm³/mol. The van der Waals surface area contributed by atoms with Crippen molar-refractivity contribution in [1.82, 2.24) is 5.32 Å². The van der Waals surface area contributed by atoms with Crippen LogP contribution in [-0.4, -0.2) is 30.1 Å². The van der Waals surface area contributed by atoms with Crippen molar-refractivity contribution in [2.45, 2.75) is 33.6 Å². The van der Waals surface area contributed by atoms with Crippen molar-refractivity contribution < 1.29 is 23.5 Å². The molecule has 2 amide bonds. The number of carbonyl (C=O) groups excluding carboxylic acids is 3. The van der Waals surface area contributed by atoms with Gasteiger partial charge in [0.05, 0.1) is 29.0 Å². The van der Waals surface area contributed by atoms with Crippen molar-refractivity contribution in [2.75, 3.05) is 17.7 Å². The fraction of sp³-hybridized carbons (Fsp3) is 0.308. The number of benzene rings is 2. The first-order chi connectivity index (χ1) is 16.7. The minimum Gasteiger partial charge on any atom is -0.465 e. The molecule has 0 saturated carbocycles. The van der Waals surface area contributed by atoms with Crippen LogP contribution in [-0.2, 0) is 19.1 Å². The van der Waals surface area contributed by atoms with Gasteiger partial charge in [-0.05, 0) is 50.5 Å². The molecule has 3 rings (SSSR count). The van der Waals surface area contributed by atoms with E-state index in [1.54, 1.807) is 13.0 Å². The van der Waals surface area contributed by atoms with Crippen molar-refractivity contribution in [1.29, 1.82) is 5.26 Å². The Morgan fingerprint density at radius 3 is 2.46 bits per heavy atom. The molecule has 0 radical (unpaired) electrons. The van der Waals surface area contributed by atoms with E-state index < -0.39 is 29.5 Å². The fourth-order valence-electron chi connectivity index (χ4n) is 4.18. The van der Waals surface area contributed by atoms with Crippen LogP contribution in [0.2, 0.25) is 0 Å². The minimum atomic E-state index is -1.43. The first-order valence-electron chi connectivity index (χ1n) is 11.0. The number of nitrogens with zero attached hydrogens (tertiary/aromatic N) is 1. The fourth-order valence-corrected chi connectivity index (χ4v) is 5.03. The highest BCUT2D eigenvalue weighted by molar-refractivity contribution is 8.03. The Hall–Kier alpha value is -3.64. The number of carbonyl (C=O) groups is 3. The normalized spacial score (nSPS) is 17.4. The van der Waals surface area contributed by atoms with Crippen LogP contribution in [0, 0.1) is 43.8 Å². The number of esters is 1. The summed E-state index contributed by atoms with van der Waals surface area (Å²) >= 11 is 0.946. The summed E-state index contributed by atoms with van der Waals surface area (Å²) in [5.74, 6) is -5.27. The van der Waals surface area contributed by atoms with Crippen LogP contribution in [0.3, 0.4) is 0 Å². The summed E-state index contributed by atoms with van der Waals surface area (Å²) in [7, 11) is 0. The van der Waals surface area contributed by atoms with Gasteiger partial charge >= 0.3 is 5.97 Å². The first kappa shape index (κ1) is 26.0. The monoisotopic (exact) mass is 495 g/mol. The second-order valence-corrected chi connectivity index (χ2v) is 9.17. The van der Waals surface area contributed by atoms with Crippen LogP contribution in [0.25, 0.3) is 0 Å². The molecule has 9 heteroatoms. The molecule has 0 aromatic heterocycles. The Kier molecular flexibility index (Phi) is 8.30. The van der Waals surface area contributed by atoms with Crippen molar-refractivity contribution in [3.8, 4) is 6.07 Å². The zero-order chi connectivity index (χ0) is 25.7. The number of thioether (sulfide) groups is 1. The van der Waals surface area contributed by atoms with Gasteiger partial charge in [0.2, 0.25) is 11.8 Å². The van der Waals surface area contributed by atoms with Gasteiger partial charge < -0.3 is 15.4 Å². The average Bonchev–Trinajstić information content (AvgIpc) is 2.80. The van der Waals surface area contributed by atoms with Crippen molar-refractivity contribution >= 4 is 35.2 Å². The van der Waals surface area contributed by atoms with E-state index in [1.165, 1.54) is 18.2 Å². The van der Waals surface area contributed by atoms with Crippen molar-refractivity contribution in [3.05, 3.63) is 75.1 Å². The average molecular weight is 496 g/mol. The number of nitrogens with one attached hydrogen (secondary N) is 2. The molecule has 182 valence electrons.